The normalized spacial score (nSPS) is 15.4. The predicted octanol–water partition coefficient (Wildman–Crippen LogP) is 9.03. The van der Waals surface area contributed by atoms with Gasteiger partial charge in [0.05, 0.1) is 10.7 Å². The highest BCUT2D eigenvalue weighted by Crippen LogP contribution is 2.51. The minimum atomic E-state index is -0.672. The largest absolute Gasteiger partial charge is 0.480 e. The van der Waals surface area contributed by atoms with Gasteiger partial charge < -0.3 is 15.4 Å². The van der Waals surface area contributed by atoms with Crippen molar-refractivity contribution in [2.45, 2.75) is 117 Å². The van der Waals surface area contributed by atoms with Gasteiger partial charge in [0.1, 0.15) is 5.75 Å². The third kappa shape index (κ3) is 7.57. The molecule has 0 saturated heterocycles. The van der Waals surface area contributed by atoms with E-state index in [0.29, 0.717) is 29.2 Å². The van der Waals surface area contributed by atoms with E-state index in [1.54, 1.807) is 18.2 Å². The zero-order chi connectivity index (χ0) is 29.0. The Morgan fingerprint density at radius 1 is 0.949 bits per heavy atom. The van der Waals surface area contributed by atoms with Crippen molar-refractivity contribution in [2.75, 3.05) is 10.6 Å². The van der Waals surface area contributed by atoms with E-state index in [2.05, 4.69) is 71.2 Å². The lowest BCUT2D eigenvalue weighted by Gasteiger charge is -2.31. The molecule has 0 heterocycles. The number of hydrogen-bond donors (Lipinski definition) is 2. The maximum atomic E-state index is 13.3. The van der Waals surface area contributed by atoms with Crippen LogP contribution >= 0.6 is 11.6 Å². The lowest BCUT2D eigenvalue weighted by molar-refractivity contribution is -0.123. The fraction of sp³-hybridized carbons (Fsp3) is 0.576. The molecule has 5 nitrogen and oxygen atoms in total. The molecule has 214 valence electrons. The summed E-state index contributed by atoms with van der Waals surface area (Å²) in [6.07, 6.45) is 5.49. The Morgan fingerprint density at radius 3 is 2.18 bits per heavy atom. The second-order valence-corrected chi connectivity index (χ2v) is 12.9. The quantitative estimate of drug-likeness (QED) is 0.259. The number of benzene rings is 2. The molecule has 2 aromatic carbocycles. The van der Waals surface area contributed by atoms with Crippen LogP contribution in [0.4, 0.5) is 11.4 Å². The van der Waals surface area contributed by atoms with E-state index < -0.39 is 6.10 Å². The number of hydrogen-bond acceptors (Lipinski definition) is 3. The minimum Gasteiger partial charge on any atom is -0.480 e. The maximum absolute atomic E-state index is 13.3. The van der Waals surface area contributed by atoms with E-state index >= 15 is 0 Å². The molecule has 1 atom stereocenters. The standard InChI is InChI=1S/C33H47ClN2O3/c1-9-27(39-28-16-13-22(31(5,6)10-2)19-24(28)32(7,8)11-3)30(38)35-23-14-15-25(34)26(20-23)36-29(37)21-33(12-4)17-18-33/h13-16,19-20,27H,9-12,17-18,21H2,1-8H3,(H,35,38)(H,36,37). The molecule has 1 unspecified atom stereocenters. The summed E-state index contributed by atoms with van der Waals surface area (Å²) in [5.74, 6) is 0.460. The molecule has 2 amide bonds. The first-order valence-electron chi connectivity index (χ1n) is 14.5. The van der Waals surface area contributed by atoms with Crippen molar-refractivity contribution in [3.8, 4) is 5.75 Å². The monoisotopic (exact) mass is 554 g/mol. The number of carbonyl (C=O) groups excluding carboxylic acids is 2. The van der Waals surface area contributed by atoms with Crippen molar-refractivity contribution < 1.29 is 14.3 Å². The summed E-state index contributed by atoms with van der Waals surface area (Å²) in [4.78, 5) is 26.0. The molecule has 1 saturated carbocycles. The molecule has 1 aliphatic rings. The van der Waals surface area contributed by atoms with Crippen molar-refractivity contribution in [1.29, 1.82) is 0 Å². The van der Waals surface area contributed by atoms with Gasteiger partial charge in [0.15, 0.2) is 6.10 Å². The molecule has 0 spiro atoms. The van der Waals surface area contributed by atoms with Gasteiger partial charge in [-0.2, -0.15) is 0 Å². The van der Waals surface area contributed by atoms with Gasteiger partial charge in [-0.05, 0) is 84.6 Å². The highest BCUT2D eigenvalue weighted by Gasteiger charge is 2.42. The number of amides is 2. The highest BCUT2D eigenvalue weighted by atomic mass is 35.5. The topological polar surface area (TPSA) is 67.4 Å². The summed E-state index contributed by atoms with van der Waals surface area (Å²) >= 11 is 6.37. The SMILES string of the molecule is CCC(Oc1ccc(C(C)(C)CC)cc1C(C)(C)CC)C(=O)Nc1ccc(Cl)c(NC(=O)CC2(CC)CC2)c1. The average Bonchev–Trinajstić information content (AvgIpc) is 3.68. The molecular formula is C33H47ClN2O3. The van der Waals surface area contributed by atoms with E-state index in [-0.39, 0.29) is 28.1 Å². The van der Waals surface area contributed by atoms with Crippen LogP contribution in [0.2, 0.25) is 5.02 Å². The molecule has 3 rings (SSSR count). The van der Waals surface area contributed by atoms with E-state index in [9.17, 15) is 9.59 Å². The minimum absolute atomic E-state index is 0.0461. The first-order chi connectivity index (χ1) is 18.3. The summed E-state index contributed by atoms with van der Waals surface area (Å²) in [6, 6.07) is 11.5. The van der Waals surface area contributed by atoms with Crippen LogP contribution < -0.4 is 15.4 Å². The molecule has 0 aromatic heterocycles. The van der Waals surface area contributed by atoms with Gasteiger partial charge in [-0.1, -0.05) is 79.1 Å². The number of ether oxygens (including phenoxy) is 1. The lowest BCUT2D eigenvalue weighted by atomic mass is 9.76. The smallest absolute Gasteiger partial charge is 0.265 e. The Balaban J connectivity index is 1.78. The molecule has 0 radical (unpaired) electrons. The van der Waals surface area contributed by atoms with Crippen molar-refractivity contribution >= 4 is 34.8 Å². The molecule has 2 N–H and O–H groups in total. The third-order valence-electron chi connectivity index (χ3n) is 8.94. The van der Waals surface area contributed by atoms with Crippen molar-refractivity contribution in [1.82, 2.24) is 0 Å². The molecule has 1 fully saturated rings. The van der Waals surface area contributed by atoms with Crippen LogP contribution in [0.15, 0.2) is 36.4 Å². The van der Waals surface area contributed by atoms with Crippen LogP contribution in [0, 0.1) is 5.41 Å². The summed E-state index contributed by atoms with van der Waals surface area (Å²) < 4.78 is 6.40. The van der Waals surface area contributed by atoms with Crippen LogP contribution in [0.1, 0.15) is 111 Å². The Hall–Kier alpha value is -2.53. The second kappa shape index (κ2) is 12.3. The van der Waals surface area contributed by atoms with Crippen molar-refractivity contribution in [3.63, 3.8) is 0 Å². The van der Waals surface area contributed by atoms with Gasteiger partial charge in [-0.25, -0.2) is 0 Å². The highest BCUT2D eigenvalue weighted by molar-refractivity contribution is 6.33. The molecule has 1 aliphatic carbocycles. The molecule has 2 aromatic rings. The number of rotatable bonds is 13. The first kappa shape index (κ1) is 31.0. The Labute approximate surface area is 240 Å². The average molecular weight is 555 g/mol. The Kier molecular flexibility index (Phi) is 9.80. The fourth-order valence-corrected chi connectivity index (χ4v) is 4.91. The van der Waals surface area contributed by atoms with Gasteiger partial charge in [0.2, 0.25) is 5.91 Å². The number of nitrogens with one attached hydrogen (secondary N) is 2. The van der Waals surface area contributed by atoms with Gasteiger partial charge in [-0.3, -0.25) is 9.59 Å². The van der Waals surface area contributed by atoms with Crippen molar-refractivity contribution in [2.24, 2.45) is 5.41 Å². The van der Waals surface area contributed by atoms with E-state index in [0.717, 1.165) is 43.4 Å². The van der Waals surface area contributed by atoms with Crippen LogP contribution in [0.5, 0.6) is 5.75 Å². The predicted molar refractivity (Wildman–Crippen MR) is 163 cm³/mol. The zero-order valence-electron chi connectivity index (χ0n) is 25.1. The molecular weight excluding hydrogens is 508 g/mol. The van der Waals surface area contributed by atoms with Gasteiger partial charge in [0, 0.05) is 17.7 Å². The number of halogens is 1. The van der Waals surface area contributed by atoms with E-state index in [4.69, 9.17) is 16.3 Å². The Morgan fingerprint density at radius 2 is 1.62 bits per heavy atom. The summed E-state index contributed by atoms with van der Waals surface area (Å²) in [5.41, 5.74) is 3.54. The van der Waals surface area contributed by atoms with E-state index in [1.807, 2.05) is 13.0 Å². The summed E-state index contributed by atoms with van der Waals surface area (Å²) in [7, 11) is 0. The zero-order valence-corrected chi connectivity index (χ0v) is 25.8. The van der Waals surface area contributed by atoms with Gasteiger partial charge >= 0.3 is 0 Å². The third-order valence-corrected chi connectivity index (χ3v) is 9.27. The van der Waals surface area contributed by atoms with Crippen LogP contribution in [0.25, 0.3) is 0 Å². The molecule has 39 heavy (non-hydrogen) atoms. The van der Waals surface area contributed by atoms with Crippen LogP contribution in [0.3, 0.4) is 0 Å². The number of anilines is 2. The van der Waals surface area contributed by atoms with Crippen molar-refractivity contribution in [3.05, 3.63) is 52.5 Å². The molecule has 6 heteroatoms. The fourth-order valence-electron chi connectivity index (χ4n) is 4.74. The molecule has 0 aliphatic heterocycles. The summed E-state index contributed by atoms with van der Waals surface area (Å²) in [6.45, 7) is 17.4. The maximum Gasteiger partial charge on any atom is 0.265 e. The van der Waals surface area contributed by atoms with Crippen LogP contribution in [-0.4, -0.2) is 17.9 Å². The lowest BCUT2D eigenvalue weighted by Crippen LogP contribution is -2.33. The Bertz CT molecular complexity index is 1180. The van der Waals surface area contributed by atoms with Gasteiger partial charge in [0.25, 0.3) is 5.91 Å². The first-order valence-corrected chi connectivity index (χ1v) is 14.9. The van der Waals surface area contributed by atoms with Crippen LogP contribution in [-0.2, 0) is 20.4 Å². The van der Waals surface area contributed by atoms with Gasteiger partial charge in [-0.15, -0.1) is 0 Å². The molecule has 0 bridgehead atoms. The summed E-state index contributed by atoms with van der Waals surface area (Å²) in [5, 5.41) is 6.34. The second-order valence-electron chi connectivity index (χ2n) is 12.5. The van der Waals surface area contributed by atoms with E-state index in [1.165, 1.54) is 5.56 Å². The number of carbonyl (C=O) groups is 2.